The van der Waals surface area contributed by atoms with Crippen molar-refractivity contribution in [3.8, 4) is 23.0 Å². The van der Waals surface area contributed by atoms with Crippen molar-refractivity contribution in [3.63, 3.8) is 0 Å². The van der Waals surface area contributed by atoms with E-state index in [1.807, 2.05) is 60.3 Å². The van der Waals surface area contributed by atoms with Crippen molar-refractivity contribution in [2.24, 2.45) is 7.05 Å². The Balaban J connectivity index is 1.48. The van der Waals surface area contributed by atoms with Gasteiger partial charge < -0.3 is 23.5 Å². The van der Waals surface area contributed by atoms with Gasteiger partial charge in [0.25, 0.3) is 0 Å². The minimum Gasteiger partial charge on any atom is -0.497 e. The molecule has 0 N–H and O–H groups in total. The van der Waals surface area contributed by atoms with Crippen LogP contribution in [0.1, 0.15) is 39.4 Å². The van der Waals surface area contributed by atoms with Crippen molar-refractivity contribution in [1.29, 1.82) is 0 Å². The minimum absolute atomic E-state index is 0.115. The summed E-state index contributed by atoms with van der Waals surface area (Å²) >= 11 is 0. The molecule has 0 fully saturated rings. The summed E-state index contributed by atoms with van der Waals surface area (Å²) in [6.45, 7) is 0. The lowest BCUT2D eigenvalue weighted by atomic mass is 9.84. The fourth-order valence-electron chi connectivity index (χ4n) is 5.11. The second-order valence-electron chi connectivity index (χ2n) is 8.84. The molecule has 1 atom stereocenters. The summed E-state index contributed by atoms with van der Waals surface area (Å²) in [6.07, 6.45) is 3.82. The Hall–Kier alpha value is -4.52. The predicted octanol–water partition coefficient (Wildman–Crippen LogP) is 5.25. The first-order valence-electron chi connectivity index (χ1n) is 11.6. The zero-order valence-electron chi connectivity index (χ0n) is 20.0. The van der Waals surface area contributed by atoms with Crippen LogP contribution in [0, 0.1) is 0 Å². The Morgan fingerprint density at radius 2 is 1.83 bits per heavy atom. The fraction of sp³-hybridized carbons (Fsp3) is 0.172. The van der Waals surface area contributed by atoms with Gasteiger partial charge in [0, 0.05) is 46.8 Å². The summed E-state index contributed by atoms with van der Waals surface area (Å²) in [5, 5.41) is 0.944. The van der Waals surface area contributed by atoms with Gasteiger partial charge in [0.15, 0.2) is 5.76 Å². The van der Waals surface area contributed by atoms with Crippen molar-refractivity contribution in [2.75, 3.05) is 14.2 Å². The third kappa shape index (κ3) is 3.35. The number of rotatable bonds is 4. The largest absolute Gasteiger partial charge is 0.497 e. The zero-order valence-corrected chi connectivity index (χ0v) is 20.0. The Bertz CT molecular complexity index is 1600. The van der Waals surface area contributed by atoms with Crippen molar-refractivity contribution < 1.29 is 28.5 Å². The van der Waals surface area contributed by atoms with E-state index in [-0.39, 0.29) is 29.9 Å². The van der Waals surface area contributed by atoms with Crippen molar-refractivity contribution in [3.05, 3.63) is 88.8 Å². The molecule has 6 rings (SSSR count). The summed E-state index contributed by atoms with van der Waals surface area (Å²) in [5.41, 5.74) is 3.79. The number of allylic oxidation sites excluding steroid dienone is 1. The second kappa shape index (κ2) is 8.30. The molecule has 7 nitrogen and oxygen atoms in total. The van der Waals surface area contributed by atoms with Crippen LogP contribution in [0.3, 0.4) is 0 Å². The highest BCUT2D eigenvalue weighted by atomic mass is 16.5. The molecule has 1 aromatic heterocycles. The standard InChI is InChI=1S/C29H23NO6/c1-30-15-16(20-13-17(33-2)8-10-22(20)30)12-25-28(32)19-9-11-24-27(29(19)36-25)21(14-26(31)35-24)18-6-4-5-7-23(18)34-3/h4-13,15,21H,14H2,1-3H3/b25-12-/t21-/m0/s1. The van der Waals surface area contributed by atoms with Gasteiger partial charge in [-0.25, -0.2) is 0 Å². The van der Waals surface area contributed by atoms with Gasteiger partial charge in [-0.3, -0.25) is 9.59 Å². The van der Waals surface area contributed by atoms with Gasteiger partial charge in [-0.1, -0.05) is 18.2 Å². The molecule has 0 saturated heterocycles. The molecule has 0 spiro atoms. The molecule has 0 saturated carbocycles. The fourth-order valence-corrected chi connectivity index (χ4v) is 5.11. The molecule has 3 heterocycles. The molecule has 2 aliphatic heterocycles. The first-order chi connectivity index (χ1) is 17.5. The van der Waals surface area contributed by atoms with Crippen LogP contribution in [0.15, 0.2) is 66.6 Å². The molecule has 0 unspecified atom stereocenters. The lowest BCUT2D eigenvalue weighted by Crippen LogP contribution is -2.22. The molecule has 0 aliphatic carbocycles. The third-order valence-corrected chi connectivity index (χ3v) is 6.81. The number of benzene rings is 3. The summed E-state index contributed by atoms with van der Waals surface area (Å²) < 4.78 is 24.7. The average Bonchev–Trinajstić information content (AvgIpc) is 3.38. The molecule has 0 bridgehead atoms. The van der Waals surface area contributed by atoms with E-state index >= 15 is 0 Å². The number of carbonyl (C=O) groups excluding carboxylic acids is 2. The number of fused-ring (bicyclic) bond motifs is 4. The maximum Gasteiger partial charge on any atom is 0.312 e. The van der Waals surface area contributed by atoms with E-state index in [0.29, 0.717) is 28.4 Å². The molecular formula is C29H23NO6. The number of nitrogens with zero attached hydrogens (tertiary/aromatic N) is 1. The Labute approximate surface area is 207 Å². The van der Waals surface area contributed by atoms with Crippen LogP contribution in [-0.4, -0.2) is 30.5 Å². The van der Waals surface area contributed by atoms with Crippen LogP contribution in [0.25, 0.3) is 17.0 Å². The SMILES string of the molecule is COc1ccc2c(c1)c(/C=C1\Oc3c(ccc4c3[C@H](c3ccccc3OC)CC(=O)O4)C1=O)cn2C. The van der Waals surface area contributed by atoms with Crippen LogP contribution in [-0.2, 0) is 11.8 Å². The second-order valence-corrected chi connectivity index (χ2v) is 8.84. The predicted molar refractivity (Wildman–Crippen MR) is 134 cm³/mol. The molecule has 0 radical (unpaired) electrons. The molecule has 7 heteroatoms. The number of aryl methyl sites for hydroxylation is 1. The van der Waals surface area contributed by atoms with Gasteiger partial charge in [-0.2, -0.15) is 0 Å². The highest BCUT2D eigenvalue weighted by molar-refractivity contribution is 6.15. The third-order valence-electron chi connectivity index (χ3n) is 6.81. The number of hydrogen-bond acceptors (Lipinski definition) is 6. The normalized spacial score (nSPS) is 17.5. The Morgan fingerprint density at radius 1 is 1.00 bits per heavy atom. The number of para-hydroxylation sites is 1. The molecule has 36 heavy (non-hydrogen) atoms. The van der Waals surface area contributed by atoms with E-state index in [9.17, 15) is 9.59 Å². The number of carbonyl (C=O) groups is 2. The van der Waals surface area contributed by atoms with Gasteiger partial charge >= 0.3 is 5.97 Å². The number of ether oxygens (including phenoxy) is 4. The highest BCUT2D eigenvalue weighted by Crippen LogP contribution is 2.50. The topological polar surface area (TPSA) is 76.0 Å². The van der Waals surface area contributed by atoms with Gasteiger partial charge in [-0.05, 0) is 42.5 Å². The summed E-state index contributed by atoms with van der Waals surface area (Å²) in [4.78, 5) is 25.9. The summed E-state index contributed by atoms with van der Waals surface area (Å²) in [5.74, 6) is 1.48. The van der Waals surface area contributed by atoms with Gasteiger partial charge in [0.2, 0.25) is 5.78 Å². The Morgan fingerprint density at radius 3 is 2.64 bits per heavy atom. The summed E-state index contributed by atoms with van der Waals surface area (Å²) in [7, 11) is 5.17. The van der Waals surface area contributed by atoms with E-state index in [1.165, 1.54) is 0 Å². The van der Waals surface area contributed by atoms with Crippen LogP contribution >= 0.6 is 0 Å². The number of aromatic nitrogens is 1. The van der Waals surface area contributed by atoms with Gasteiger partial charge in [0.05, 0.1) is 26.2 Å². The molecule has 0 amide bonds. The number of esters is 1. The van der Waals surface area contributed by atoms with E-state index in [2.05, 4.69) is 0 Å². The summed E-state index contributed by atoms with van der Waals surface area (Å²) in [6, 6.07) is 16.7. The van der Waals surface area contributed by atoms with Crippen molar-refractivity contribution in [2.45, 2.75) is 12.3 Å². The zero-order chi connectivity index (χ0) is 25.0. The first kappa shape index (κ1) is 22.0. The maximum atomic E-state index is 13.4. The molecule has 4 aromatic rings. The number of methoxy groups -OCH3 is 2. The number of ketones is 1. The Kier molecular flexibility index (Phi) is 5.07. The van der Waals surface area contributed by atoms with Gasteiger partial charge in [0.1, 0.15) is 23.0 Å². The van der Waals surface area contributed by atoms with Crippen LogP contribution in [0.2, 0.25) is 0 Å². The lowest BCUT2D eigenvalue weighted by Gasteiger charge is -2.27. The lowest BCUT2D eigenvalue weighted by molar-refractivity contribution is -0.135. The number of hydrogen-bond donors (Lipinski definition) is 0. The highest BCUT2D eigenvalue weighted by Gasteiger charge is 2.39. The average molecular weight is 482 g/mol. The van der Waals surface area contributed by atoms with E-state index in [4.69, 9.17) is 18.9 Å². The first-order valence-corrected chi connectivity index (χ1v) is 11.6. The quantitative estimate of drug-likeness (QED) is 0.225. The monoisotopic (exact) mass is 481 g/mol. The van der Waals surface area contributed by atoms with E-state index in [1.54, 1.807) is 32.4 Å². The van der Waals surface area contributed by atoms with Crippen molar-refractivity contribution >= 4 is 28.7 Å². The van der Waals surface area contributed by atoms with Crippen LogP contribution in [0.5, 0.6) is 23.0 Å². The molecule has 3 aromatic carbocycles. The van der Waals surface area contributed by atoms with Crippen LogP contribution < -0.4 is 18.9 Å². The number of Topliss-reactive ketones (excluding diaryl/α,β-unsaturated/α-hetero) is 1. The van der Waals surface area contributed by atoms with Gasteiger partial charge in [-0.15, -0.1) is 0 Å². The van der Waals surface area contributed by atoms with Crippen molar-refractivity contribution in [1.82, 2.24) is 4.57 Å². The molecular weight excluding hydrogens is 458 g/mol. The smallest absolute Gasteiger partial charge is 0.312 e. The minimum atomic E-state index is -0.374. The van der Waals surface area contributed by atoms with E-state index < -0.39 is 0 Å². The molecule has 180 valence electrons. The van der Waals surface area contributed by atoms with Crippen LogP contribution in [0.4, 0.5) is 0 Å². The molecule has 2 aliphatic rings. The maximum absolute atomic E-state index is 13.4. The van der Waals surface area contributed by atoms with E-state index in [0.717, 1.165) is 27.8 Å².